The van der Waals surface area contributed by atoms with Gasteiger partial charge in [-0.25, -0.2) is 4.98 Å². The minimum absolute atomic E-state index is 0.672. The van der Waals surface area contributed by atoms with Crippen molar-refractivity contribution in [2.45, 2.75) is 38.8 Å². The fraction of sp³-hybridized carbons (Fsp3) is 0.360. The van der Waals surface area contributed by atoms with Crippen LogP contribution in [0.3, 0.4) is 0 Å². The molecule has 0 spiro atoms. The number of aromatic nitrogens is 3. The highest BCUT2D eigenvalue weighted by Crippen LogP contribution is 2.31. The Morgan fingerprint density at radius 2 is 1.94 bits per heavy atom. The minimum atomic E-state index is 0.672. The summed E-state index contributed by atoms with van der Waals surface area (Å²) < 4.78 is 2.36. The lowest BCUT2D eigenvalue weighted by Gasteiger charge is -2.19. The monoisotopic (exact) mass is 414 g/mol. The van der Waals surface area contributed by atoms with E-state index in [9.17, 15) is 0 Å². The third kappa shape index (κ3) is 3.95. The SMILES string of the molecule is CCn1c2ccccc2c2cc(Nc3ccnc(NCCC4CCCN4C)n3)ccc21. The van der Waals surface area contributed by atoms with Crippen molar-refractivity contribution in [2.24, 2.45) is 0 Å². The van der Waals surface area contributed by atoms with Gasteiger partial charge in [-0.05, 0) is 70.1 Å². The van der Waals surface area contributed by atoms with Gasteiger partial charge in [-0.1, -0.05) is 18.2 Å². The molecule has 31 heavy (non-hydrogen) atoms. The van der Waals surface area contributed by atoms with E-state index in [1.165, 1.54) is 41.2 Å². The zero-order valence-corrected chi connectivity index (χ0v) is 18.3. The molecule has 3 heterocycles. The lowest BCUT2D eigenvalue weighted by molar-refractivity contribution is 0.301. The van der Waals surface area contributed by atoms with Crippen molar-refractivity contribution in [3.63, 3.8) is 0 Å². The number of hydrogen-bond acceptors (Lipinski definition) is 5. The standard InChI is InChI=1S/C25H30N6/c1-3-31-22-9-5-4-8-20(22)21-17-18(10-11-23(21)31)28-24-13-15-27-25(29-24)26-14-12-19-7-6-16-30(19)2/h4-5,8-11,13,15,17,19H,3,6-7,12,14,16H2,1-2H3,(H2,26,27,28,29). The second kappa shape index (κ2) is 8.55. The molecule has 0 saturated carbocycles. The van der Waals surface area contributed by atoms with Crippen LogP contribution in [0.2, 0.25) is 0 Å². The van der Waals surface area contributed by atoms with Crippen LogP contribution in [0.15, 0.2) is 54.7 Å². The smallest absolute Gasteiger partial charge is 0.224 e. The highest BCUT2D eigenvalue weighted by atomic mass is 15.2. The molecule has 4 aromatic rings. The van der Waals surface area contributed by atoms with Crippen LogP contribution in [0.25, 0.3) is 21.8 Å². The lowest BCUT2D eigenvalue weighted by Crippen LogP contribution is -2.27. The number of nitrogens with one attached hydrogen (secondary N) is 2. The van der Waals surface area contributed by atoms with Gasteiger partial charge in [0.05, 0.1) is 0 Å². The van der Waals surface area contributed by atoms with Crippen molar-refractivity contribution in [1.82, 2.24) is 19.4 Å². The second-order valence-corrected chi connectivity index (χ2v) is 8.38. The quantitative estimate of drug-likeness (QED) is 0.433. The Labute approximate surface area is 183 Å². The second-order valence-electron chi connectivity index (χ2n) is 8.38. The maximum absolute atomic E-state index is 4.66. The molecule has 160 valence electrons. The molecule has 0 radical (unpaired) electrons. The molecule has 5 rings (SSSR count). The normalized spacial score (nSPS) is 16.9. The molecule has 1 aliphatic rings. The van der Waals surface area contributed by atoms with Crippen molar-refractivity contribution >= 4 is 39.3 Å². The van der Waals surface area contributed by atoms with E-state index < -0.39 is 0 Å². The van der Waals surface area contributed by atoms with Gasteiger partial charge in [-0.15, -0.1) is 0 Å². The zero-order valence-electron chi connectivity index (χ0n) is 18.3. The van der Waals surface area contributed by atoms with Crippen molar-refractivity contribution in [3.8, 4) is 0 Å². The first-order valence-electron chi connectivity index (χ1n) is 11.3. The minimum Gasteiger partial charge on any atom is -0.354 e. The van der Waals surface area contributed by atoms with Gasteiger partial charge in [0.25, 0.3) is 0 Å². The molecule has 2 aromatic heterocycles. The number of aryl methyl sites for hydroxylation is 1. The van der Waals surface area contributed by atoms with Gasteiger partial charge >= 0.3 is 0 Å². The summed E-state index contributed by atoms with van der Waals surface area (Å²) >= 11 is 0. The van der Waals surface area contributed by atoms with Crippen LogP contribution in [0.5, 0.6) is 0 Å². The molecule has 2 aromatic carbocycles. The van der Waals surface area contributed by atoms with Gasteiger partial charge in [0.1, 0.15) is 5.82 Å². The van der Waals surface area contributed by atoms with Gasteiger partial charge in [0.2, 0.25) is 5.95 Å². The topological polar surface area (TPSA) is 58.0 Å². The van der Waals surface area contributed by atoms with E-state index in [-0.39, 0.29) is 0 Å². The van der Waals surface area contributed by atoms with Crippen LogP contribution in [0.4, 0.5) is 17.5 Å². The molecule has 1 aliphatic heterocycles. The number of anilines is 3. The number of rotatable bonds is 7. The number of hydrogen-bond donors (Lipinski definition) is 2. The van der Waals surface area contributed by atoms with Crippen LogP contribution < -0.4 is 10.6 Å². The highest BCUT2D eigenvalue weighted by Gasteiger charge is 2.20. The van der Waals surface area contributed by atoms with Gasteiger partial charge in [0.15, 0.2) is 0 Å². The molecule has 1 fully saturated rings. The first kappa shape index (κ1) is 19.8. The Morgan fingerprint density at radius 3 is 2.77 bits per heavy atom. The summed E-state index contributed by atoms with van der Waals surface area (Å²) in [7, 11) is 2.22. The van der Waals surface area contributed by atoms with E-state index in [4.69, 9.17) is 0 Å². The molecule has 2 N–H and O–H groups in total. The van der Waals surface area contributed by atoms with Crippen LogP contribution in [0.1, 0.15) is 26.2 Å². The number of para-hydroxylation sites is 1. The maximum Gasteiger partial charge on any atom is 0.224 e. The molecule has 0 bridgehead atoms. The summed E-state index contributed by atoms with van der Waals surface area (Å²) in [6, 6.07) is 17.7. The first-order valence-corrected chi connectivity index (χ1v) is 11.3. The molecule has 1 atom stereocenters. The molecular formula is C25H30N6. The molecule has 0 aliphatic carbocycles. The van der Waals surface area contributed by atoms with E-state index in [1.54, 1.807) is 6.20 Å². The first-order chi connectivity index (χ1) is 15.2. The summed E-state index contributed by atoms with van der Waals surface area (Å²) in [5.74, 6) is 1.48. The van der Waals surface area contributed by atoms with Crippen LogP contribution in [0, 0.1) is 0 Å². The Balaban J connectivity index is 1.32. The molecule has 6 heteroatoms. The van der Waals surface area contributed by atoms with Crippen molar-refractivity contribution in [3.05, 3.63) is 54.7 Å². The van der Waals surface area contributed by atoms with Gasteiger partial charge < -0.3 is 20.1 Å². The summed E-state index contributed by atoms with van der Waals surface area (Å²) in [4.78, 5) is 11.5. The van der Waals surface area contributed by atoms with Crippen LogP contribution >= 0.6 is 0 Å². The van der Waals surface area contributed by atoms with Crippen LogP contribution in [-0.4, -0.2) is 45.6 Å². The van der Waals surface area contributed by atoms with Gasteiger partial charge in [-0.3, -0.25) is 0 Å². The predicted molar refractivity (Wildman–Crippen MR) is 129 cm³/mol. The average Bonchev–Trinajstić information content (AvgIpc) is 3.34. The highest BCUT2D eigenvalue weighted by molar-refractivity contribution is 6.09. The lowest BCUT2D eigenvalue weighted by atomic mass is 10.1. The van der Waals surface area contributed by atoms with E-state index in [1.807, 2.05) is 6.07 Å². The fourth-order valence-electron chi connectivity index (χ4n) is 4.83. The van der Waals surface area contributed by atoms with E-state index >= 15 is 0 Å². The van der Waals surface area contributed by atoms with Gasteiger partial charge in [-0.2, -0.15) is 4.98 Å². The summed E-state index contributed by atoms with van der Waals surface area (Å²) in [5, 5.41) is 9.39. The van der Waals surface area contributed by atoms with Crippen LogP contribution in [-0.2, 0) is 6.54 Å². The summed E-state index contributed by atoms with van der Waals surface area (Å²) in [6.45, 7) is 5.25. The molecular weight excluding hydrogens is 384 g/mol. The molecule has 1 unspecified atom stereocenters. The molecule has 6 nitrogen and oxygen atoms in total. The predicted octanol–water partition coefficient (Wildman–Crippen LogP) is 5.24. The van der Waals surface area contributed by atoms with E-state index in [0.717, 1.165) is 31.0 Å². The van der Waals surface area contributed by atoms with E-state index in [0.29, 0.717) is 12.0 Å². The van der Waals surface area contributed by atoms with Crippen molar-refractivity contribution < 1.29 is 0 Å². The molecule has 0 amide bonds. The Bertz CT molecular complexity index is 1200. The summed E-state index contributed by atoms with van der Waals surface area (Å²) in [5.41, 5.74) is 3.57. The Hall–Kier alpha value is -3.12. The zero-order chi connectivity index (χ0) is 21.2. The third-order valence-corrected chi connectivity index (χ3v) is 6.45. The van der Waals surface area contributed by atoms with Crippen molar-refractivity contribution in [1.29, 1.82) is 0 Å². The van der Waals surface area contributed by atoms with Gasteiger partial charge in [0, 0.05) is 52.8 Å². The van der Waals surface area contributed by atoms with Crippen molar-refractivity contribution in [2.75, 3.05) is 30.8 Å². The number of nitrogens with zero attached hydrogens (tertiary/aromatic N) is 4. The Morgan fingerprint density at radius 1 is 1.06 bits per heavy atom. The Kier molecular flexibility index (Phi) is 5.47. The number of fused-ring (bicyclic) bond motifs is 3. The third-order valence-electron chi connectivity index (χ3n) is 6.45. The maximum atomic E-state index is 4.66. The molecule has 1 saturated heterocycles. The average molecular weight is 415 g/mol. The number of likely N-dealkylation sites (tertiary alicyclic amines) is 1. The fourth-order valence-corrected chi connectivity index (χ4v) is 4.83. The largest absolute Gasteiger partial charge is 0.354 e. The van der Waals surface area contributed by atoms with E-state index in [2.05, 4.69) is 86.5 Å². The number of benzene rings is 2. The summed E-state index contributed by atoms with van der Waals surface area (Å²) in [6.07, 6.45) is 5.52.